The van der Waals surface area contributed by atoms with E-state index in [4.69, 9.17) is 14.2 Å². The molecule has 0 heterocycles. The Morgan fingerprint density at radius 2 is 0.481 bits per heavy atom. The summed E-state index contributed by atoms with van der Waals surface area (Å²) in [4.78, 5) is 38.3. The summed E-state index contributed by atoms with van der Waals surface area (Å²) < 4.78 is 16.9. The van der Waals surface area contributed by atoms with Crippen LogP contribution in [0, 0.1) is 0 Å². The van der Waals surface area contributed by atoms with Gasteiger partial charge in [-0.2, -0.15) is 0 Å². The Hall–Kier alpha value is -4.19. The molecule has 462 valence electrons. The number of esters is 3. The van der Waals surface area contributed by atoms with Crippen molar-refractivity contribution in [3.05, 3.63) is 122 Å². The number of hydrogen-bond donors (Lipinski definition) is 0. The lowest BCUT2D eigenvalue weighted by Crippen LogP contribution is -2.30. The second-order valence-corrected chi connectivity index (χ2v) is 22.3. The van der Waals surface area contributed by atoms with E-state index in [1.54, 1.807) is 0 Å². The fourth-order valence-electron chi connectivity index (χ4n) is 9.40. The van der Waals surface area contributed by atoms with Crippen molar-refractivity contribution in [2.45, 2.75) is 322 Å². The Labute approximate surface area is 501 Å². The van der Waals surface area contributed by atoms with Gasteiger partial charge in [-0.15, -0.1) is 0 Å². The van der Waals surface area contributed by atoms with Crippen LogP contribution < -0.4 is 0 Å². The third kappa shape index (κ3) is 66.5. The van der Waals surface area contributed by atoms with Gasteiger partial charge in [-0.1, -0.05) is 290 Å². The highest BCUT2D eigenvalue weighted by atomic mass is 16.6. The first-order chi connectivity index (χ1) is 40.0. The van der Waals surface area contributed by atoms with Crippen LogP contribution in [0.25, 0.3) is 0 Å². The molecule has 0 aliphatic carbocycles. The molecule has 1 unspecified atom stereocenters. The Bertz CT molecular complexity index is 1670. The van der Waals surface area contributed by atoms with Gasteiger partial charge in [0, 0.05) is 19.3 Å². The summed E-state index contributed by atoms with van der Waals surface area (Å²) in [7, 11) is 0. The summed E-state index contributed by atoms with van der Waals surface area (Å²) in [5.74, 6) is -0.939. The number of carbonyl (C=O) groups is 3. The predicted octanol–water partition coefficient (Wildman–Crippen LogP) is 23.6. The van der Waals surface area contributed by atoms with Gasteiger partial charge in [0.15, 0.2) is 6.10 Å². The topological polar surface area (TPSA) is 78.9 Å². The maximum Gasteiger partial charge on any atom is 0.306 e. The van der Waals surface area contributed by atoms with Crippen LogP contribution in [0.2, 0.25) is 0 Å². The molecule has 0 aromatic heterocycles. The van der Waals surface area contributed by atoms with Gasteiger partial charge in [0.2, 0.25) is 0 Å². The number of allylic oxidation sites excluding steroid dienone is 20. The quantitative estimate of drug-likeness (QED) is 0.0261. The van der Waals surface area contributed by atoms with Gasteiger partial charge in [0.1, 0.15) is 13.2 Å². The molecule has 1 atom stereocenters. The average molecular weight is 1120 g/mol. The second kappa shape index (κ2) is 68.3. The maximum absolute atomic E-state index is 12.9. The van der Waals surface area contributed by atoms with Crippen LogP contribution in [0.15, 0.2) is 122 Å². The molecule has 0 saturated carbocycles. The van der Waals surface area contributed by atoms with Crippen LogP contribution in [-0.4, -0.2) is 37.2 Å². The molecule has 6 nitrogen and oxygen atoms in total. The molecule has 0 bridgehead atoms. The van der Waals surface area contributed by atoms with E-state index in [1.165, 1.54) is 154 Å². The normalized spacial score (nSPS) is 12.9. The van der Waals surface area contributed by atoms with Crippen LogP contribution in [-0.2, 0) is 28.6 Å². The van der Waals surface area contributed by atoms with Crippen molar-refractivity contribution in [3.63, 3.8) is 0 Å². The van der Waals surface area contributed by atoms with Crippen LogP contribution in [0.4, 0.5) is 0 Å². The molecule has 0 fully saturated rings. The van der Waals surface area contributed by atoms with E-state index < -0.39 is 6.10 Å². The molecule has 0 rings (SSSR count). The molecule has 6 heteroatoms. The molecule has 0 aliphatic rings. The molecule has 0 aromatic rings. The molecule has 0 aliphatic heterocycles. The standard InChI is InChI=1S/C75H126O6/c1-4-7-10-13-16-19-22-25-27-28-29-30-31-32-33-34-35-36-37-38-39-40-41-42-43-44-45-46-48-50-53-56-59-62-65-68-74(77)80-71-72(70-79-73(76)67-64-61-58-55-52-49-24-21-18-15-12-9-6-3)81-75(78)69-66-63-60-57-54-51-47-26-23-20-17-14-11-8-5-2/h7-8,10-11,16-17,19-21,24-27,29-30,32-33,47,54,57,72H,4-6,9,12-15,18,22-23,28,31,34-46,48-53,55-56,58-71H2,1-3H3/b10-7-,11-8-,19-16-,20-17-,24-21-,27-25-,30-29-,33-32-,47-26-,57-54-. The minimum Gasteiger partial charge on any atom is -0.462 e. The monoisotopic (exact) mass is 1120 g/mol. The van der Waals surface area contributed by atoms with Gasteiger partial charge in [-0.05, 0) is 128 Å². The van der Waals surface area contributed by atoms with Gasteiger partial charge in [0.25, 0.3) is 0 Å². The Kier molecular flexibility index (Phi) is 64.8. The summed E-state index contributed by atoms with van der Waals surface area (Å²) in [6.07, 6.45) is 95.3. The highest BCUT2D eigenvalue weighted by Crippen LogP contribution is 2.17. The van der Waals surface area contributed by atoms with E-state index in [1.807, 2.05) is 0 Å². The number of ether oxygens (including phenoxy) is 3. The zero-order valence-corrected chi connectivity index (χ0v) is 53.0. The first-order valence-electron chi connectivity index (χ1n) is 34.0. The van der Waals surface area contributed by atoms with Gasteiger partial charge in [-0.3, -0.25) is 14.4 Å². The molecule has 0 N–H and O–H groups in total. The third-order valence-electron chi connectivity index (χ3n) is 14.4. The number of hydrogen-bond acceptors (Lipinski definition) is 6. The summed E-state index contributed by atoms with van der Waals surface area (Å²) in [6.45, 7) is 6.37. The molecular weight excluding hydrogens is 997 g/mol. The van der Waals surface area contributed by atoms with E-state index in [9.17, 15) is 14.4 Å². The Morgan fingerprint density at radius 3 is 0.790 bits per heavy atom. The zero-order chi connectivity index (χ0) is 58.5. The molecule has 0 radical (unpaired) electrons. The van der Waals surface area contributed by atoms with Crippen LogP contribution in [0.1, 0.15) is 316 Å². The van der Waals surface area contributed by atoms with E-state index in [-0.39, 0.29) is 37.5 Å². The van der Waals surface area contributed by atoms with Crippen molar-refractivity contribution in [2.75, 3.05) is 13.2 Å². The molecule has 81 heavy (non-hydrogen) atoms. The van der Waals surface area contributed by atoms with Crippen molar-refractivity contribution in [2.24, 2.45) is 0 Å². The smallest absolute Gasteiger partial charge is 0.306 e. The minimum atomic E-state index is -0.804. The highest BCUT2D eigenvalue weighted by molar-refractivity contribution is 5.71. The molecule has 0 aromatic carbocycles. The number of carbonyl (C=O) groups excluding carboxylic acids is 3. The van der Waals surface area contributed by atoms with Gasteiger partial charge in [0.05, 0.1) is 0 Å². The second-order valence-electron chi connectivity index (χ2n) is 22.3. The molecule has 0 saturated heterocycles. The minimum absolute atomic E-state index is 0.0959. The highest BCUT2D eigenvalue weighted by Gasteiger charge is 2.19. The van der Waals surface area contributed by atoms with E-state index in [0.29, 0.717) is 19.3 Å². The molecule has 0 amide bonds. The Balaban J connectivity index is 4.15. The first kappa shape index (κ1) is 76.8. The lowest BCUT2D eigenvalue weighted by atomic mass is 10.0. The van der Waals surface area contributed by atoms with E-state index in [2.05, 4.69) is 142 Å². The summed E-state index contributed by atoms with van der Waals surface area (Å²) in [6, 6.07) is 0. The average Bonchev–Trinajstić information content (AvgIpc) is 3.46. The summed E-state index contributed by atoms with van der Waals surface area (Å²) in [5, 5.41) is 0. The molecule has 0 spiro atoms. The van der Waals surface area contributed by atoms with Crippen molar-refractivity contribution in [3.8, 4) is 0 Å². The van der Waals surface area contributed by atoms with Gasteiger partial charge in [-0.25, -0.2) is 0 Å². The largest absolute Gasteiger partial charge is 0.462 e. The summed E-state index contributed by atoms with van der Waals surface area (Å²) in [5.41, 5.74) is 0. The SMILES string of the molecule is CC/C=C\C/C=C\C/C=C\C/C=C\C/C=C\CCCCCCCCCCCCCCCCCCCCCC(=O)OCC(COC(=O)CCCCCCC/C=C\CCCCCC)OC(=O)CCCC/C=C\C/C=C\C/C=C\C/C=C\CC. The summed E-state index contributed by atoms with van der Waals surface area (Å²) >= 11 is 0. The van der Waals surface area contributed by atoms with Crippen LogP contribution in [0.3, 0.4) is 0 Å². The first-order valence-corrected chi connectivity index (χ1v) is 34.0. The van der Waals surface area contributed by atoms with Crippen molar-refractivity contribution >= 4 is 17.9 Å². The fourth-order valence-corrected chi connectivity index (χ4v) is 9.40. The van der Waals surface area contributed by atoms with Crippen LogP contribution in [0.5, 0.6) is 0 Å². The molecular formula is C75H126O6. The lowest BCUT2D eigenvalue weighted by Gasteiger charge is -2.18. The predicted molar refractivity (Wildman–Crippen MR) is 353 cm³/mol. The van der Waals surface area contributed by atoms with Crippen molar-refractivity contribution in [1.82, 2.24) is 0 Å². The maximum atomic E-state index is 12.9. The Morgan fingerprint density at radius 1 is 0.259 bits per heavy atom. The van der Waals surface area contributed by atoms with Crippen molar-refractivity contribution in [1.29, 1.82) is 0 Å². The van der Waals surface area contributed by atoms with Crippen LogP contribution >= 0.6 is 0 Å². The van der Waals surface area contributed by atoms with E-state index in [0.717, 1.165) is 116 Å². The van der Waals surface area contributed by atoms with Gasteiger partial charge >= 0.3 is 17.9 Å². The number of unbranched alkanes of at least 4 members (excludes halogenated alkanes) is 30. The third-order valence-corrected chi connectivity index (χ3v) is 14.4. The van der Waals surface area contributed by atoms with Gasteiger partial charge < -0.3 is 14.2 Å². The zero-order valence-electron chi connectivity index (χ0n) is 53.0. The number of rotatable bonds is 61. The van der Waals surface area contributed by atoms with Crippen molar-refractivity contribution < 1.29 is 28.6 Å². The fraction of sp³-hybridized carbons (Fsp3) is 0.693. The van der Waals surface area contributed by atoms with E-state index >= 15 is 0 Å². The lowest BCUT2D eigenvalue weighted by molar-refractivity contribution is -0.167.